The first-order valence-corrected chi connectivity index (χ1v) is 10.7. The maximum atomic E-state index is 12.6. The van der Waals surface area contributed by atoms with Crippen molar-refractivity contribution in [1.29, 1.82) is 0 Å². The Hall–Kier alpha value is -3.04. The fourth-order valence-electron chi connectivity index (χ4n) is 3.05. The lowest BCUT2D eigenvalue weighted by atomic mass is 10.1. The highest BCUT2D eigenvalue weighted by atomic mass is 35.5. The molecule has 0 atom stereocenters. The molecule has 2 N–H and O–H groups in total. The maximum absolute atomic E-state index is 12.6. The Balaban J connectivity index is 1.84. The molecule has 176 valence electrons. The highest BCUT2D eigenvalue weighted by molar-refractivity contribution is 6.30. The first-order chi connectivity index (χ1) is 15.7. The van der Waals surface area contributed by atoms with Crippen molar-refractivity contribution in [2.45, 2.75) is 19.3 Å². The van der Waals surface area contributed by atoms with E-state index in [9.17, 15) is 13.2 Å². The second kappa shape index (κ2) is 11.2. The van der Waals surface area contributed by atoms with Crippen molar-refractivity contribution in [3.05, 3.63) is 65.2 Å². The Bertz CT molecular complexity index is 1060. The highest BCUT2D eigenvalue weighted by Gasteiger charge is 2.31. The zero-order chi connectivity index (χ0) is 23.8. The van der Waals surface area contributed by atoms with E-state index in [1.54, 1.807) is 18.2 Å². The minimum Gasteiger partial charge on any atom is -0.406 e. The summed E-state index contributed by atoms with van der Waals surface area (Å²) in [7, 11) is 3.98. The van der Waals surface area contributed by atoms with Crippen LogP contribution in [0, 0.1) is 0 Å². The van der Waals surface area contributed by atoms with Gasteiger partial charge in [0.1, 0.15) is 11.6 Å². The molecule has 2 aromatic carbocycles. The Kier molecular flexibility index (Phi) is 8.35. The second-order valence-corrected chi connectivity index (χ2v) is 8.04. The summed E-state index contributed by atoms with van der Waals surface area (Å²) < 4.78 is 42.0. The number of anilines is 2. The van der Waals surface area contributed by atoms with Crippen molar-refractivity contribution in [2.75, 3.05) is 37.8 Å². The zero-order valence-electron chi connectivity index (χ0n) is 18.3. The molecule has 3 aromatic rings. The molecule has 0 radical (unpaired) electrons. The van der Waals surface area contributed by atoms with Crippen LogP contribution < -0.4 is 15.4 Å². The van der Waals surface area contributed by atoms with Crippen molar-refractivity contribution in [2.24, 2.45) is 0 Å². The number of halogens is 4. The minimum atomic E-state index is -4.77. The molecular weight excluding hydrogens is 455 g/mol. The third kappa shape index (κ3) is 8.43. The third-order valence-corrected chi connectivity index (χ3v) is 4.75. The summed E-state index contributed by atoms with van der Waals surface area (Å²) in [6.07, 6.45) is -3.89. The molecule has 0 bridgehead atoms. The number of nitrogens with zero attached hydrogens (tertiary/aromatic N) is 3. The van der Waals surface area contributed by atoms with Crippen molar-refractivity contribution in [1.82, 2.24) is 14.9 Å². The summed E-state index contributed by atoms with van der Waals surface area (Å²) in [4.78, 5) is 11.1. The van der Waals surface area contributed by atoms with Crippen molar-refractivity contribution in [3.8, 4) is 17.0 Å². The van der Waals surface area contributed by atoms with E-state index < -0.39 is 6.36 Å². The molecule has 1 heterocycles. The third-order valence-electron chi connectivity index (χ3n) is 4.52. The second-order valence-electron chi connectivity index (χ2n) is 7.60. The summed E-state index contributed by atoms with van der Waals surface area (Å²) >= 11 is 6.05. The Morgan fingerprint density at radius 2 is 1.79 bits per heavy atom. The van der Waals surface area contributed by atoms with E-state index in [-0.39, 0.29) is 5.75 Å². The highest BCUT2D eigenvalue weighted by Crippen LogP contribution is 2.28. The quantitative estimate of drug-likeness (QED) is 0.365. The van der Waals surface area contributed by atoms with Crippen LogP contribution in [0.15, 0.2) is 54.6 Å². The largest absolute Gasteiger partial charge is 0.573 e. The number of alkyl halides is 3. The van der Waals surface area contributed by atoms with Crippen LogP contribution in [0.3, 0.4) is 0 Å². The van der Waals surface area contributed by atoms with Gasteiger partial charge in [0.15, 0.2) is 0 Å². The monoisotopic (exact) mass is 479 g/mol. The average Bonchev–Trinajstić information content (AvgIpc) is 2.74. The summed E-state index contributed by atoms with van der Waals surface area (Å²) in [6, 6.07) is 14.8. The number of benzene rings is 2. The SMILES string of the molecule is CN(C)CCCNc1nc(NCc2cccc(Cl)c2)cc(-c2cccc(OC(F)(F)F)c2)n1. The van der Waals surface area contributed by atoms with Crippen LogP contribution in [-0.4, -0.2) is 48.4 Å². The first-order valence-electron chi connectivity index (χ1n) is 10.3. The van der Waals surface area contributed by atoms with Crippen LogP contribution in [0.25, 0.3) is 11.3 Å². The van der Waals surface area contributed by atoms with E-state index in [4.69, 9.17) is 11.6 Å². The lowest BCUT2D eigenvalue weighted by Gasteiger charge is -2.14. The smallest absolute Gasteiger partial charge is 0.406 e. The van der Waals surface area contributed by atoms with Crippen molar-refractivity contribution < 1.29 is 17.9 Å². The van der Waals surface area contributed by atoms with Gasteiger partial charge < -0.3 is 20.3 Å². The number of hydrogen-bond donors (Lipinski definition) is 2. The van der Waals surface area contributed by atoms with Gasteiger partial charge >= 0.3 is 6.36 Å². The Morgan fingerprint density at radius 3 is 2.52 bits per heavy atom. The van der Waals surface area contributed by atoms with Gasteiger partial charge in [0, 0.05) is 29.7 Å². The van der Waals surface area contributed by atoms with E-state index in [0.29, 0.717) is 41.1 Å². The van der Waals surface area contributed by atoms with Gasteiger partial charge in [-0.2, -0.15) is 4.98 Å². The predicted octanol–water partition coefficient (Wildman–Crippen LogP) is 5.67. The topological polar surface area (TPSA) is 62.3 Å². The fourth-order valence-corrected chi connectivity index (χ4v) is 3.27. The molecule has 0 unspecified atom stereocenters. The standard InChI is InChI=1S/C23H25ClF3N5O/c1-32(2)11-5-10-28-22-30-20(17-7-4-9-19(13-17)33-23(25,26)27)14-21(31-22)29-15-16-6-3-8-18(24)12-16/h3-4,6-9,12-14H,5,10-11,15H2,1-2H3,(H2,28,29,30,31). The van der Waals surface area contributed by atoms with Gasteiger partial charge in [0.05, 0.1) is 5.69 Å². The van der Waals surface area contributed by atoms with Gasteiger partial charge in [0.2, 0.25) is 5.95 Å². The molecule has 33 heavy (non-hydrogen) atoms. The van der Waals surface area contributed by atoms with E-state index in [0.717, 1.165) is 18.5 Å². The number of hydrogen-bond acceptors (Lipinski definition) is 6. The molecule has 1 aromatic heterocycles. The Labute approximate surface area is 195 Å². The first kappa shape index (κ1) is 24.6. The molecule has 0 aliphatic heterocycles. The Morgan fingerprint density at radius 1 is 1.00 bits per heavy atom. The predicted molar refractivity (Wildman–Crippen MR) is 125 cm³/mol. The van der Waals surface area contributed by atoms with Gasteiger partial charge in [-0.25, -0.2) is 4.98 Å². The van der Waals surface area contributed by atoms with E-state index in [2.05, 4.69) is 30.2 Å². The van der Waals surface area contributed by atoms with Crippen LogP contribution in [0.1, 0.15) is 12.0 Å². The summed E-state index contributed by atoms with van der Waals surface area (Å²) in [5, 5.41) is 7.05. The molecule has 0 aliphatic carbocycles. The molecule has 0 fully saturated rings. The van der Waals surface area contributed by atoms with Crippen LogP contribution in [-0.2, 0) is 6.54 Å². The molecule has 0 amide bonds. The van der Waals surface area contributed by atoms with Crippen LogP contribution in [0.5, 0.6) is 5.75 Å². The summed E-state index contributed by atoms with van der Waals surface area (Å²) in [5.41, 5.74) is 1.89. The van der Waals surface area contributed by atoms with E-state index >= 15 is 0 Å². The van der Waals surface area contributed by atoms with Gasteiger partial charge in [-0.15, -0.1) is 13.2 Å². The molecule has 6 nitrogen and oxygen atoms in total. The number of rotatable bonds is 10. The lowest BCUT2D eigenvalue weighted by molar-refractivity contribution is -0.274. The lowest BCUT2D eigenvalue weighted by Crippen LogP contribution is -2.17. The summed E-state index contributed by atoms with van der Waals surface area (Å²) in [5.74, 6) is 0.590. The molecular formula is C23H25ClF3N5O. The maximum Gasteiger partial charge on any atom is 0.573 e. The average molecular weight is 480 g/mol. The van der Waals surface area contributed by atoms with Crippen LogP contribution in [0.2, 0.25) is 5.02 Å². The molecule has 0 aliphatic rings. The van der Waals surface area contributed by atoms with Crippen molar-refractivity contribution >= 4 is 23.4 Å². The molecule has 0 spiro atoms. The van der Waals surface area contributed by atoms with Gasteiger partial charge in [-0.1, -0.05) is 35.9 Å². The normalized spacial score (nSPS) is 11.5. The van der Waals surface area contributed by atoms with Crippen molar-refractivity contribution in [3.63, 3.8) is 0 Å². The fraction of sp³-hybridized carbons (Fsp3) is 0.304. The summed E-state index contributed by atoms with van der Waals surface area (Å²) in [6.45, 7) is 2.00. The molecule has 10 heteroatoms. The van der Waals surface area contributed by atoms with Gasteiger partial charge in [-0.05, 0) is 56.9 Å². The molecule has 0 saturated carbocycles. The molecule has 3 rings (SSSR count). The van der Waals surface area contributed by atoms with E-state index in [1.807, 2.05) is 32.3 Å². The number of aromatic nitrogens is 2. The van der Waals surface area contributed by atoms with Gasteiger partial charge in [0.25, 0.3) is 0 Å². The zero-order valence-corrected chi connectivity index (χ0v) is 19.0. The van der Waals surface area contributed by atoms with Crippen LogP contribution in [0.4, 0.5) is 24.9 Å². The number of ether oxygens (including phenoxy) is 1. The van der Waals surface area contributed by atoms with Gasteiger partial charge in [-0.3, -0.25) is 0 Å². The minimum absolute atomic E-state index is 0.312. The van der Waals surface area contributed by atoms with Crippen LogP contribution >= 0.6 is 11.6 Å². The van der Waals surface area contributed by atoms with E-state index in [1.165, 1.54) is 18.2 Å². The number of nitrogens with one attached hydrogen (secondary N) is 2. The molecule has 0 saturated heterocycles.